The highest BCUT2D eigenvalue weighted by molar-refractivity contribution is 7.88. The summed E-state index contributed by atoms with van der Waals surface area (Å²) in [5.74, 6) is -0.0960. The van der Waals surface area contributed by atoms with Gasteiger partial charge in [-0.1, -0.05) is 11.6 Å². The van der Waals surface area contributed by atoms with Gasteiger partial charge in [-0.2, -0.15) is 14.3 Å². The third kappa shape index (κ3) is 4.96. The second-order valence-electron chi connectivity index (χ2n) is 9.19. The van der Waals surface area contributed by atoms with E-state index in [1.807, 2.05) is 24.8 Å². The number of amidine groups is 1. The van der Waals surface area contributed by atoms with Gasteiger partial charge >= 0.3 is 6.01 Å². The Morgan fingerprint density at radius 1 is 1.03 bits per heavy atom. The number of fused-ring (bicyclic) bond motifs is 1. The number of aliphatic imine (C=N–C) groups is 1. The number of anilines is 2. The molecule has 0 saturated carbocycles. The van der Waals surface area contributed by atoms with Crippen molar-refractivity contribution in [3.63, 3.8) is 0 Å². The summed E-state index contributed by atoms with van der Waals surface area (Å²) in [5.41, 5.74) is 2.42. The Morgan fingerprint density at radius 2 is 1.78 bits per heavy atom. The number of rotatable bonds is 5. The van der Waals surface area contributed by atoms with Gasteiger partial charge in [-0.05, 0) is 31.9 Å². The van der Waals surface area contributed by atoms with Gasteiger partial charge in [-0.25, -0.2) is 17.2 Å². The molecule has 3 heterocycles. The lowest BCUT2D eigenvalue weighted by Crippen LogP contribution is -2.48. The van der Waals surface area contributed by atoms with Crippen LogP contribution in [0.2, 0.25) is 0 Å². The molecular formula is C24H26F2N6O3S. The normalized spacial score (nSPS) is 18.0. The number of aromatic nitrogens is 2. The van der Waals surface area contributed by atoms with Crippen LogP contribution in [0.5, 0.6) is 11.8 Å². The van der Waals surface area contributed by atoms with Crippen LogP contribution in [0.4, 0.5) is 20.4 Å². The quantitative estimate of drug-likeness (QED) is 0.651. The molecule has 36 heavy (non-hydrogen) atoms. The van der Waals surface area contributed by atoms with Gasteiger partial charge in [0.1, 0.15) is 23.3 Å². The van der Waals surface area contributed by atoms with Crippen LogP contribution in [0.1, 0.15) is 25.0 Å². The molecule has 1 saturated heterocycles. The van der Waals surface area contributed by atoms with E-state index in [0.29, 0.717) is 62.2 Å². The third-order valence-electron chi connectivity index (χ3n) is 6.23. The van der Waals surface area contributed by atoms with Crippen LogP contribution in [-0.4, -0.2) is 67.5 Å². The molecule has 1 fully saturated rings. The monoisotopic (exact) mass is 516 g/mol. The van der Waals surface area contributed by atoms with E-state index in [-0.39, 0.29) is 17.3 Å². The molecule has 1 aromatic heterocycles. The van der Waals surface area contributed by atoms with Gasteiger partial charge in [0.25, 0.3) is 0 Å². The first-order valence-electron chi connectivity index (χ1n) is 11.5. The second kappa shape index (κ2) is 9.25. The van der Waals surface area contributed by atoms with Crippen molar-refractivity contribution in [2.45, 2.75) is 20.3 Å². The maximum absolute atomic E-state index is 15.2. The highest BCUT2D eigenvalue weighted by Gasteiger charge is 2.26. The third-order valence-corrected chi connectivity index (χ3v) is 7.54. The number of benzene rings is 1. The van der Waals surface area contributed by atoms with Crippen molar-refractivity contribution in [1.29, 1.82) is 0 Å². The number of ether oxygens (including phenoxy) is 1. The summed E-state index contributed by atoms with van der Waals surface area (Å²) in [6.45, 7) is 5.74. The molecule has 9 nitrogen and oxygen atoms in total. The summed E-state index contributed by atoms with van der Waals surface area (Å²) >= 11 is 0. The lowest BCUT2D eigenvalue weighted by atomic mass is 10.1. The van der Waals surface area contributed by atoms with E-state index in [4.69, 9.17) is 4.74 Å². The van der Waals surface area contributed by atoms with Crippen LogP contribution in [0, 0.1) is 11.6 Å². The van der Waals surface area contributed by atoms with Crippen LogP contribution in [-0.2, 0) is 16.4 Å². The molecule has 0 spiro atoms. The predicted molar refractivity (Wildman–Crippen MR) is 134 cm³/mol. The van der Waals surface area contributed by atoms with Crippen LogP contribution < -0.4 is 15.0 Å². The van der Waals surface area contributed by atoms with Crippen molar-refractivity contribution >= 4 is 33.6 Å². The SMILES string of the molecule is CC1=CC(Nc2cc(N3CCN(S(C)(=O)=O)CC3)nc(Oc3cc(F)c4c(c3F)C=C(C)C4)n2)=NC1. The summed E-state index contributed by atoms with van der Waals surface area (Å²) in [6.07, 6.45) is 5.03. The topological polar surface area (TPSA) is 100 Å². The van der Waals surface area contributed by atoms with E-state index in [9.17, 15) is 12.8 Å². The maximum Gasteiger partial charge on any atom is 0.326 e. The van der Waals surface area contributed by atoms with Crippen molar-refractivity contribution < 1.29 is 21.9 Å². The molecule has 0 unspecified atom stereocenters. The Hall–Kier alpha value is -3.38. The molecule has 190 valence electrons. The van der Waals surface area contributed by atoms with Crippen molar-refractivity contribution in [3.05, 3.63) is 52.1 Å². The summed E-state index contributed by atoms with van der Waals surface area (Å²) in [4.78, 5) is 15.1. The van der Waals surface area contributed by atoms with Gasteiger partial charge < -0.3 is 15.0 Å². The molecule has 0 atom stereocenters. The molecule has 1 aromatic carbocycles. The molecule has 5 rings (SSSR count). The Balaban J connectivity index is 1.47. The fourth-order valence-corrected chi connectivity index (χ4v) is 5.24. The highest BCUT2D eigenvalue weighted by atomic mass is 32.2. The number of allylic oxidation sites excluding steroid dienone is 1. The first kappa shape index (κ1) is 24.3. The van der Waals surface area contributed by atoms with Gasteiger partial charge in [0, 0.05) is 49.4 Å². The van der Waals surface area contributed by atoms with Crippen molar-refractivity contribution in [1.82, 2.24) is 14.3 Å². The minimum absolute atomic E-state index is 0.170. The Morgan fingerprint density at radius 3 is 2.44 bits per heavy atom. The number of hydrogen-bond acceptors (Lipinski definition) is 8. The van der Waals surface area contributed by atoms with Crippen molar-refractivity contribution in [2.75, 3.05) is 49.2 Å². The Bertz CT molecular complexity index is 1430. The molecule has 0 bridgehead atoms. The Kier molecular flexibility index (Phi) is 6.25. The number of hydrogen-bond donors (Lipinski definition) is 1. The van der Waals surface area contributed by atoms with Crippen LogP contribution in [0.25, 0.3) is 6.08 Å². The zero-order chi connectivity index (χ0) is 25.6. The summed E-state index contributed by atoms with van der Waals surface area (Å²) in [5, 5.41) is 3.12. The van der Waals surface area contributed by atoms with Gasteiger partial charge in [0.15, 0.2) is 11.6 Å². The minimum Gasteiger partial charge on any atom is -0.421 e. The summed E-state index contributed by atoms with van der Waals surface area (Å²) in [7, 11) is -3.29. The average molecular weight is 517 g/mol. The van der Waals surface area contributed by atoms with Gasteiger partial charge in [-0.3, -0.25) is 4.99 Å². The predicted octanol–water partition coefficient (Wildman–Crippen LogP) is 3.36. The van der Waals surface area contributed by atoms with Crippen molar-refractivity contribution in [2.24, 2.45) is 4.99 Å². The van der Waals surface area contributed by atoms with E-state index in [2.05, 4.69) is 20.3 Å². The molecule has 3 aliphatic rings. The Labute approximate surface area is 208 Å². The lowest BCUT2D eigenvalue weighted by molar-refractivity contribution is 0.383. The molecule has 12 heteroatoms. The number of nitrogens with zero attached hydrogens (tertiary/aromatic N) is 5. The van der Waals surface area contributed by atoms with Gasteiger partial charge in [0.2, 0.25) is 10.0 Å². The smallest absolute Gasteiger partial charge is 0.326 e. The van der Waals surface area contributed by atoms with Gasteiger partial charge in [0.05, 0.1) is 12.8 Å². The minimum atomic E-state index is -3.29. The number of nitrogens with one attached hydrogen (secondary N) is 1. The molecule has 1 aliphatic carbocycles. The first-order valence-corrected chi connectivity index (χ1v) is 13.4. The zero-order valence-electron chi connectivity index (χ0n) is 20.2. The van der Waals surface area contributed by atoms with Gasteiger partial charge in [-0.15, -0.1) is 0 Å². The van der Waals surface area contributed by atoms with E-state index in [1.54, 1.807) is 12.1 Å². The van der Waals surface area contributed by atoms with Crippen molar-refractivity contribution in [3.8, 4) is 11.8 Å². The van der Waals surface area contributed by atoms with Crippen LogP contribution >= 0.6 is 0 Å². The molecular weight excluding hydrogens is 490 g/mol. The average Bonchev–Trinajstić information content (AvgIpc) is 3.42. The zero-order valence-corrected chi connectivity index (χ0v) is 21.0. The summed E-state index contributed by atoms with van der Waals surface area (Å²) < 4.78 is 60.7. The fourth-order valence-electron chi connectivity index (χ4n) is 4.41. The molecule has 1 N–H and O–H groups in total. The maximum atomic E-state index is 15.2. The van der Waals surface area contributed by atoms with Crippen LogP contribution in [0.15, 0.2) is 34.3 Å². The fraction of sp³-hybridized carbons (Fsp3) is 0.375. The van der Waals surface area contributed by atoms with E-state index in [0.717, 1.165) is 17.2 Å². The highest BCUT2D eigenvalue weighted by Crippen LogP contribution is 2.36. The molecule has 2 aliphatic heterocycles. The van der Waals surface area contributed by atoms with E-state index >= 15 is 4.39 Å². The molecule has 2 aromatic rings. The van der Waals surface area contributed by atoms with Crippen LogP contribution in [0.3, 0.4) is 0 Å². The standard InChI is InChI=1S/C24H26F2N6O3S/c1-14-8-16-17(9-14)23(26)19(11-18(16)25)35-24-29-21(28-20-10-15(2)13-27-20)12-22(30-24)31-4-6-32(7-5-31)36(3,33)34/h9-12H,4-8,13H2,1-3H3,(H,27,28,29,30). The number of halogens is 2. The molecule has 0 radical (unpaired) electrons. The lowest BCUT2D eigenvalue weighted by Gasteiger charge is -2.34. The summed E-state index contributed by atoms with van der Waals surface area (Å²) in [6, 6.07) is 2.54. The van der Waals surface area contributed by atoms with E-state index < -0.39 is 21.7 Å². The van der Waals surface area contributed by atoms with E-state index in [1.165, 1.54) is 10.6 Å². The largest absolute Gasteiger partial charge is 0.421 e. The number of sulfonamides is 1. The second-order valence-corrected chi connectivity index (χ2v) is 11.2. The molecule has 0 amide bonds. The first-order chi connectivity index (χ1) is 17.1. The number of piperazine rings is 1.